The van der Waals surface area contributed by atoms with Crippen LogP contribution in [-0.2, 0) is 22.5 Å². The molecule has 0 unspecified atom stereocenters. The second-order valence-electron chi connectivity index (χ2n) is 9.17. The summed E-state index contributed by atoms with van der Waals surface area (Å²) in [6.45, 7) is 7.63. The molecule has 1 saturated heterocycles. The number of carbonyl (C=O) groups excluding carboxylic acids is 2. The van der Waals surface area contributed by atoms with Gasteiger partial charge in [0, 0.05) is 32.5 Å². The molecule has 0 atom stereocenters. The zero-order valence-electron chi connectivity index (χ0n) is 19.7. The van der Waals surface area contributed by atoms with Crippen molar-refractivity contribution in [3.63, 3.8) is 0 Å². The van der Waals surface area contributed by atoms with Gasteiger partial charge in [-0.25, -0.2) is 9.59 Å². The molecule has 1 aliphatic rings. The number of alkyl carbamates (subject to hydrolysis) is 1. The first-order valence-electron chi connectivity index (χ1n) is 11.5. The van der Waals surface area contributed by atoms with E-state index in [1.54, 1.807) is 4.90 Å². The van der Waals surface area contributed by atoms with Crippen LogP contribution in [0, 0.1) is 0 Å². The van der Waals surface area contributed by atoms with E-state index >= 15 is 0 Å². The summed E-state index contributed by atoms with van der Waals surface area (Å²) >= 11 is 0. The zero-order valence-corrected chi connectivity index (χ0v) is 19.7. The molecule has 2 amide bonds. The summed E-state index contributed by atoms with van der Waals surface area (Å²) in [5.41, 5.74) is 1.58. The van der Waals surface area contributed by atoms with Gasteiger partial charge in [0.1, 0.15) is 24.1 Å². The highest BCUT2D eigenvalue weighted by Crippen LogP contribution is 2.21. The molecule has 7 nitrogen and oxygen atoms in total. The minimum atomic E-state index is -0.482. The van der Waals surface area contributed by atoms with Crippen molar-refractivity contribution in [2.24, 2.45) is 0 Å². The summed E-state index contributed by atoms with van der Waals surface area (Å²) in [6.07, 6.45) is 1.65. The van der Waals surface area contributed by atoms with Crippen LogP contribution < -0.4 is 10.1 Å². The molecule has 0 bridgehead atoms. The summed E-state index contributed by atoms with van der Waals surface area (Å²) in [4.78, 5) is 25.7. The molecule has 1 N–H and O–H groups in total. The third-order valence-corrected chi connectivity index (χ3v) is 5.22. The van der Waals surface area contributed by atoms with Gasteiger partial charge in [0.25, 0.3) is 0 Å². The van der Waals surface area contributed by atoms with Crippen molar-refractivity contribution in [1.82, 2.24) is 10.2 Å². The predicted molar refractivity (Wildman–Crippen MR) is 126 cm³/mol. The zero-order chi connectivity index (χ0) is 23.7. The van der Waals surface area contributed by atoms with E-state index in [-0.39, 0.29) is 18.8 Å². The Morgan fingerprint density at radius 1 is 0.970 bits per heavy atom. The van der Waals surface area contributed by atoms with Crippen LogP contribution in [0.4, 0.5) is 9.59 Å². The van der Waals surface area contributed by atoms with Crippen LogP contribution in [-0.4, -0.2) is 48.4 Å². The minimum absolute atomic E-state index is 0.0792. The van der Waals surface area contributed by atoms with Crippen LogP contribution in [0.1, 0.15) is 44.7 Å². The SMILES string of the molecule is CC(C)(C)OC(=O)N1CCC(Oc2ccc(CCNC(=O)OCc3ccccc3)cc2)CC1. The van der Waals surface area contributed by atoms with Gasteiger partial charge in [-0.3, -0.25) is 0 Å². The monoisotopic (exact) mass is 454 g/mol. The maximum absolute atomic E-state index is 12.2. The van der Waals surface area contributed by atoms with E-state index in [2.05, 4.69) is 5.32 Å². The highest BCUT2D eigenvalue weighted by atomic mass is 16.6. The van der Waals surface area contributed by atoms with E-state index < -0.39 is 11.7 Å². The van der Waals surface area contributed by atoms with Gasteiger partial charge in [0.15, 0.2) is 0 Å². The summed E-state index contributed by atoms with van der Waals surface area (Å²) in [7, 11) is 0. The standard InChI is InChI=1S/C26H34N2O5/c1-26(2,3)33-25(30)28-17-14-23(15-18-28)32-22-11-9-20(10-12-22)13-16-27-24(29)31-19-21-7-5-4-6-8-21/h4-12,23H,13-19H2,1-3H3,(H,27,29). The van der Waals surface area contributed by atoms with E-state index in [9.17, 15) is 9.59 Å². The number of rotatable bonds is 7. The van der Waals surface area contributed by atoms with Gasteiger partial charge >= 0.3 is 12.2 Å². The smallest absolute Gasteiger partial charge is 0.410 e. The third kappa shape index (κ3) is 8.67. The molecule has 0 radical (unpaired) electrons. The van der Waals surface area contributed by atoms with Crippen LogP contribution in [0.15, 0.2) is 54.6 Å². The Balaban J connectivity index is 1.33. The van der Waals surface area contributed by atoms with Crippen LogP contribution in [0.2, 0.25) is 0 Å². The largest absolute Gasteiger partial charge is 0.490 e. The van der Waals surface area contributed by atoms with Crippen LogP contribution >= 0.6 is 0 Å². The number of benzene rings is 2. The molecule has 178 valence electrons. The lowest BCUT2D eigenvalue weighted by Gasteiger charge is -2.33. The van der Waals surface area contributed by atoms with Crippen LogP contribution in [0.25, 0.3) is 0 Å². The highest BCUT2D eigenvalue weighted by Gasteiger charge is 2.27. The minimum Gasteiger partial charge on any atom is -0.490 e. The maximum atomic E-state index is 12.2. The molecule has 7 heteroatoms. The number of piperidine rings is 1. The molecule has 0 saturated carbocycles. The van der Waals surface area contributed by atoms with Crippen molar-refractivity contribution in [1.29, 1.82) is 0 Å². The molecular formula is C26H34N2O5. The number of ether oxygens (including phenoxy) is 3. The highest BCUT2D eigenvalue weighted by molar-refractivity contribution is 5.68. The van der Waals surface area contributed by atoms with Gasteiger partial charge in [-0.15, -0.1) is 0 Å². The first-order valence-corrected chi connectivity index (χ1v) is 11.5. The predicted octanol–water partition coefficient (Wildman–Crippen LogP) is 4.93. The fraction of sp³-hybridized carbons (Fsp3) is 0.462. The Bertz CT molecular complexity index is 885. The molecule has 1 aliphatic heterocycles. The Labute approximate surface area is 196 Å². The van der Waals surface area contributed by atoms with Crippen molar-refractivity contribution in [2.45, 2.75) is 58.3 Å². The first kappa shape index (κ1) is 24.4. The van der Waals surface area contributed by atoms with Crippen LogP contribution in [0.3, 0.4) is 0 Å². The molecule has 0 aliphatic carbocycles. The number of nitrogens with zero attached hydrogens (tertiary/aromatic N) is 1. The lowest BCUT2D eigenvalue weighted by molar-refractivity contribution is 0.0126. The average molecular weight is 455 g/mol. The molecule has 2 aromatic rings. The Morgan fingerprint density at radius 3 is 2.27 bits per heavy atom. The Hall–Kier alpha value is -3.22. The average Bonchev–Trinajstić information content (AvgIpc) is 2.79. The van der Waals surface area contributed by atoms with E-state index in [0.29, 0.717) is 26.1 Å². The number of hydrogen-bond acceptors (Lipinski definition) is 5. The van der Waals surface area contributed by atoms with Crippen molar-refractivity contribution in [3.8, 4) is 5.75 Å². The van der Waals surface area contributed by atoms with Gasteiger partial charge in [0.05, 0.1) is 0 Å². The van der Waals surface area contributed by atoms with Crippen molar-refractivity contribution >= 4 is 12.2 Å². The van der Waals surface area contributed by atoms with E-state index in [0.717, 1.165) is 29.7 Å². The number of nitrogens with one attached hydrogen (secondary N) is 1. The van der Waals surface area contributed by atoms with Crippen molar-refractivity contribution < 1.29 is 23.8 Å². The normalized spacial score (nSPS) is 14.5. The van der Waals surface area contributed by atoms with E-state index in [1.165, 1.54) is 0 Å². The number of hydrogen-bond donors (Lipinski definition) is 1. The quantitative estimate of drug-likeness (QED) is 0.642. The molecule has 0 aromatic heterocycles. The fourth-order valence-electron chi connectivity index (χ4n) is 3.49. The molecule has 33 heavy (non-hydrogen) atoms. The summed E-state index contributed by atoms with van der Waals surface area (Å²) in [6, 6.07) is 17.5. The molecule has 3 rings (SSSR count). The Morgan fingerprint density at radius 2 is 1.64 bits per heavy atom. The maximum Gasteiger partial charge on any atom is 0.410 e. The van der Waals surface area contributed by atoms with Crippen molar-refractivity contribution in [2.75, 3.05) is 19.6 Å². The van der Waals surface area contributed by atoms with Gasteiger partial charge in [0.2, 0.25) is 0 Å². The Kier molecular flexibility index (Phi) is 8.58. The molecule has 2 aromatic carbocycles. The van der Waals surface area contributed by atoms with E-state index in [4.69, 9.17) is 14.2 Å². The summed E-state index contributed by atoms with van der Waals surface area (Å²) < 4.78 is 16.7. The van der Waals surface area contributed by atoms with Gasteiger partial charge in [-0.1, -0.05) is 42.5 Å². The first-order chi connectivity index (χ1) is 15.8. The topological polar surface area (TPSA) is 77.1 Å². The summed E-state index contributed by atoms with van der Waals surface area (Å²) in [5, 5.41) is 2.77. The molecule has 1 heterocycles. The second kappa shape index (κ2) is 11.6. The van der Waals surface area contributed by atoms with Gasteiger partial charge in [-0.05, 0) is 50.5 Å². The lowest BCUT2D eigenvalue weighted by atomic mass is 10.1. The summed E-state index contributed by atoms with van der Waals surface area (Å²) in [5.74, 6) is 0.810. The van der Waals surface area contributed by atoms with E-state index in [1.807, 2.05) is 75.4 Å². The second-order valence-corrected chi connectivity index (χ2v) is 9.17. The third-order valence-electron chi connectivity index (χ3n) is 5.22. The van der Waals surface area contributed by atoms with Crippen LogP contribution in [0.5, 0.6) is 5.75 Å². The molecule has 0 spiro atoms. The number of amides is 2. The molecular weight excluding hydrogens is 420 g/mol. The fourth-order valence-corrected chi connectivity index (χ4v) is 3.49. The number of carbonyl (C=O) groups is 2. The van der Waals surface area contributed by atoms with Crippen molar-refractivity contribution in [3.05, 3.63) is 65.7 Å². The molecule has 1 fully saturated rings. The number of likely N-dealkylation sites (tertiary alicyclic amines) is 1. The van der Waals surface area contributed by atoms with Gasteiger partial charge < -0.3 is 24.4 Å². The lowest BCUT2D eigenvalue weighted by Crippen LogP contribution is -2.44. The van der Waals surface area contributed by atoms with Gasteiger partial charge in [-0.2, -0.15) is 0 Å².